The molecule has 1 amide bonds. The molecule has 2 aromatic rings. The fourth-order valence-electron chi connectivity index (χ4n) is 3.47. The largest absolute Gasteiger partial charge is 0.355 e. The van der Waals surface area contributed by atoms with E-state index in [2.05, 4.69) is 16.3 Å². The number of halogens is 2. The monoisotopic (exact) mass is 420 g/mol. The van der Waals surface area contributed by atoms with Gasteiger partial charge in [-0.25, -0.2) is 4.39 Å². The Labute approximate surface area is 175 Å². The van der Waals surface area contributed by atoms with E-state index in [-0.39, 0.29) is 17.6 Å². The van der Waals surface area contributed by atoms with Gasteiger partial charge in [-0.3, -0.25) is 9.69 Å². The molecule has 1 N–H and O–H groups in total. The summed E-state index contributed by atoms with van der Waals surface area (Å²) >= 11 is 7.79. The van der Waals surface area contributed by atoms with Crippen LogP contribution in [0.15, 0.2) is 48.5 Å². The van der Waals surface area contributed by atoms with Crippen LogP contribution in [0.3, 0.4) is 0 Å². The average Bonchev–Trinajstić information content (AvgIpc) is 2.70. The first-order valence-electron chi connectivity index (χ1n) is 9.67. The van der Waals surface area contributed by atoms with Crippen LogP contribution in [-0.2, 0) is 17.1 Å². The van der Waals surface area contributed by atoms with Gasteiger partial charge in [0.25, 0.3) is 0 Å². The molecule has 1 unspecified atom stereocenters. The molecule has 1 aliphatic rings. The highest BCUT2D eigenvalue weighted by atomic mass is 35.5. The van der Waals surface area contributed by atoms with E-state index in [1.54, 1.807) is 11.8 Å². The molecule has 28 heavy (non-hydrogen) atoms. The molecular weight excluding hydrogens is 395 g/mol. The van der Waals surface area contributed by atoms with Crippen molar-refractivity contribution in [2.24, 2.45) is 5.92 Å². The molecule has 150 valence electrons. The van der Waals surface area contributed by atoms with Crippen LogP contribution >= 0.6 is 23.4 Å². The third-order valence-electron chi connectivity index (χ3n) is 4.90. The van der Waals surface area contributed by atoms with Gasteiger partial charge in [0.2, 0.25) is 5.91 Å². The van der Waals surface area contributed by atoms with E-state index in [0.29, 0.717) is 6.54 Å². The van der Waals surface area contributed by atoms with Gasteiger partial charge in [0, 0.05) is 36.2 Å². The van der Waals surface area contributed by atoms with Crippen LogP contribution in [0.1, 0.15) is 24.0 Å². The molecular formula is C22H26ClFN2OS. The summed E-state index contributed by atoms with van der Waals surface area (Å²) in [7, 11) is 0. The number of benzene rings is 2. The summed E-state index contributed by atoms with van der Waals surface area (Å²) in [5, 5.41) is 3.84. The van der Waals surface area contributed by atoms with Gasteiger partial charge in [0.15, 0.2) is 0 Å². The van der Waals surface area contributed by atoms with Gasteiger partial charge in [0.05, 0.1) is 5.92 Å². The van der Waals surface area contributed by atoms with Crippen molar-refractivity contribution in [3.8, 4) is 0 Å². The Bertz CT molecular complexity index is 771. The average molecular weight is 421 g/mol. The Hall–Kier alpha value is -1.56. The minimum atomic E-state index is -0.215. The van der Waals surface area contributed by atoms with Gasteiger partial charge >= 0.3 is 0 Å². The number of nitrogens with zero attached hydrogens (tertiary/aromatic N) is 1. The number of carbonyl (C=O) groups is 1. The number of hydrogen-bond donors (Lipinski definition) is 1. The molecule has 3 nitrogen and oxygen atoms in total. The van der Waals surface area contributed by atoms with Crippen LogP contribution in [0.25, 0.3) is 0 Å². The van der Waals surface area contributed by atoms with Gasteiger partial charge in [-0.15, -0.1) is 0 Å². The first-order chi connectivity index (χ1) is 13.6. The number of carbonyl (C=O) groups excluding carboxylic acids is 1. The third kappa shape index (κ3) is 6.80. The highest BCUT2D eigenvalue weighted by Gasteiger charge is 2.25. The van der Waals surface area contributed by atoms with Crippen molar-refractivity contribution in [1.29, 1.82) is 0 Å². The van der Waals surface area contributed by atoms with Crippen LogP contribution < -0.4 is 5.32 Å². The van der Waals surface area contributed by atoms with Gasteiger partial charge in [-0.05, 0) is 54.8 Å². The summed E-state index contributed by atoms with van der Waals surface area (Å²) in [4.78, 5) is 14.8. The summed E-state index contributed by atoms with van der Waals surface area (Å²) in [6.45, 7) is 3.19. The van der Waals surface area contributed by atoms with Crippen LogP contribution in [0.5, 0.6) is 0 Å². The van der Waals surface area contributed by atoms with Crippen molar-refractivity contribution in [3.63, 3.8) is 0 Å². The lowest BCUT2D eigenvalue weighted by Crippen LogP contribution is -2.43. The summed E-state index contributed by atoms with van der Waals surface area (Å²) in [5.41, 5.74) is 2.28. The number of piperidine rings is 1. The molecule has 3 rings (SSSR count). The third-order valence-corrected chi connectivity index (χ3v) is 6.16. The molecule has 0 aromatic heterocycles. The van der Waals surface area contributed by atoms with E-state index in [9.17, 15) is 9.18 Å². The molecule has 2 aromatic carbocycles. The summed E-state index contributed by atoms with van der Waals surface area (Å²) in [6, 6.07) is 14.5. The SMILES string of the molecule is O=C(NCCSCc1cccc(Cl)c1)C1CCCN(Cc2ccc(F)cc2)C1. The van der Waals surface area contributed by atoms with Crippen molar-refractivity contribution in [2.45, 2.75) is 25.1 Å². The number of amides is 1. The number of hydrogen-bond acceptors (Lipinski definition) is 3. The van der Waals surface area contributed by atoms with E-state index >= 15 is 0 Å². The number of thioether (sulfide) groups is 1. The Kier molecular flexibility index (Phi) is 8.19. The van der Waals surface area contributed by atoms with Gasteiger partial charge in [-0.1, -0.05) is 35.9 Å². The maximum atomic E-state index is 13.0. The number of rotatable bonds is 8. The van der Waals surface area contributed by atoms with E-state index in [4.69, 9.17) is 11.6 Å². The predicted octanol–water partition coefficient (Wildman–Crippen LogP) is 4.74. The summed E-state index contributed by atoms with van der Waals surface area (Å²) < 4.78 is 13.0. The van der Waals surface area contributed by atoms with Gasteiger partial charge in [-0.2, -0.15) is 11.8 Å². The second kappa shape index (κ2) is 10.8. The van der Waals surface area contributed by atoms with Crippen molar-refractivity contribution in [1.82, 2.24) is 10.2 Å². The zero-order chi connectivity index (χ0) is 19.8. The van der Waals surface area contributed by atoms with Crippen LogP contribution in [-0.4, -0.2) is 36.2 Å². The van der Waals surface area contributed by atoms with Crippen LogP contribution in [0.2, 0.25) is 5.02 Å². The van der Waals surface area contributed by atoms with Crippen molar-refractivity contribution in [3.05, 3.63) is 70.5 Å². The molecule has 6 heteroatoms. The Morgan fingerprint density at radius 1 is 1.21 bits per heavy atom. The zero-order valence-electron chi connectivity index (χ0n) is 15.9. The van der Waals surface area contributed by atoms with E-state index < -0.39 is 0 Å². The van der Waals surface area contributed by atoms with E-state index in [1.165, 1.54) is 17.7 Å². The fraction of sp³-hybridized carbons (Fsp3) is 0.409. The zero-order valence-corrected chi connectivity index (χ0v) is 17.4. The van der Waals surface area contributed by atoms with Crippen LogP contribution in [0, 0.1) is 11.7 Å². The molecule has 0 spiro atoms. The summed E-state index contributed by atoms with van der Waals surface area (Å²) in [5.74, 6) is 1.74. The lowest BCUT2D eigenvalue weighted by atomic mass is 9.96. The Morgan fingerprint density at radius 2 is 2.04 bits per heavy atom. The lowest BCUT2D eigenvalue weighted by molar-refractivity contribution is -0.126. The molecule has 0 aliphatic carbocycles. The highest BCUT2D eigenvalue weighted by molar-refractivity contribution is 7.98. The van der Waals surface area contributed by atoms with Crippen molar-refractivity contribution >= 4 is 29.3 Å². The normalized spacial score (nSPS) is 17.4. The molecule has 1 fully saturated rings. The molecule has 0 radical (unpaired) electrons. The predicted molar refractivity (Wildman–Crippen MR) is 115 cm³/mol. The Morgan fingerprint density at radius 3 is 2.82 bits per heavy atom. The number of nitrogens with one attached hydrogen (secondary N) is 1. The number of likely N-dealkylation sites (tertiary alicyclic amines) is 1. The highest BCUT2D eigenvalue weighted by Crippen LogP contribution is 2.19. The maximum absolute atomic E-state index is 13.0. The van der Waals surface area contributed by atoms with Gasteiger partial charge in [0.1, 0.15) is 5.82 Å². The molecule has 0 saturated carbocycles. The minimum Gasteiger partial charge on any atom is -0.355 e. The standard InChI is InChI=1S/C22H26ClFN2OS/c23-20-5-1-3-18(13-20)16-28-12-10-25-22(27)19-4-2-11-26(15-19)14-17-6-8-21(24)9-7-17/h1,3,5-9,13,19H,2,4,10-12,14-16H2,(H,25,27). The second-order valence-corrected chi connectivity index (χ2v) is 8.72. The molecule has 0 bridgehead atoms. The van der Waals surface area contributed by atoms with Crippen molar-refractivity contribution < 1.29 is 9.18 Å². The topological polar surface area (TPSA) is 32.3 Å². The second-order valence-electron chi connectivity index (χ2n) is 7.17. The van der Waals surface area contributed by atoms with Crippen LogP contribution in [0.4, 0.5) is 4.39 Å². The Balaban J connectivity index is 1.36. The lowest BCUT2D eigenvalue weighted by Gasteiger charge is -2.32. The molecule has 1 heterocycles. The first-order valence-corrected chi connectivity index (χ1v) is 11.2. The minimum absolute atomic E-state index is 0.0344. The fourth-order valence-corrected chi connectivity index (χ4v) is 4.49. The maximum Gasteiger partial charge on any atom is 0.224 e. The molecule has 1 atom stereocenters. The first kappa shape index (κ1) is 21.2. The molecule has 1 aliphatic heterocycles. The van der Waals surface area contributed by atoms with E-state index in [1.807, 2.05) is 30.3 Å². The summed E-state index contributed by atoms with van der Waals surface area (Å²) in [6.07, 6.45) is 1.95. The molecule has 1 saturated heterocycles. The van der Waals surface area contributed by atoms with Crippen molar-refractivity contribution in [2.75, 3.05) is 25.4 Å². The van der Waals surface area contributed by atoms with E-state index in [0.717, 1.165) is 54.6 Å². The smallest absolute Gasteiger partial charge is 0.224 e. The van der Waals surface area contributed by atoms with Gasteiger partial charge < -0.3 is 5.32 Å². The quantitative estimate of drug-likeness (QED) is 0.626.